The summed E-state index contributed by atoms with van der Waals surface area (Å²) >= 11 is 7.41. The zero-order chi connectivity index (χ0) is 14.5. The summed E-state index contributed by atoms with van der Waals surface area (Å²) in [6.45, 7) is 2.83. The minimum Gasteiger partial charge on any atom is -0.337 e. The van der Waals surface area contributed by atoms with E-state index in [-0.39, 0.29) is 18.0 Å². The first kappa shape index (κ1) is 15.7. The van der Waals surface area contributed by atoms with Gasteiger partial charge in [0.15, 0.2) is 0 Å². The lowest BCUT2D eigenvalue weighted by Gasteiger charge is -2.38. The molecule has 1 aromatic carbocycles. The van der Waals surface area contributed by atoms with Gasteiger partial charge < -0.3 is 10.6 Å². The van der Waals surface area contributed by atoms with E-state index in [1.807, 2.05) is 36.1 Å². The summed E-state index contributed by atoms with van der Waals surface area (Å²) in [6.07, 6.45) is 3.27. The molecule has 0 aliphatic carbocycles. The second kappa shape index (κ2) is 7.34. The largest absolute Gasteiger partial charge is 0.337 e. The molecular weight excluding hydrogens is 292 g/mol. The molecule has 0 spiro atoms. The van der Waals surface area contributed by atoms with Crippen molar-refractivity contribution in [1.29, 1.82) is 0 Å². The average Bonchev–Trinajstić information content (AvgIpc) is 2.46. The number of carbonyl (C=O) groups is 1. The third-order valence-corrected chi connectivity index (χ3v) is 4.90. The summed E-state index contributed by atoms with van der Waals surface area (Å²) in [5.41, 5.74) is 6.00. The molecular formula is C15H21ClN2OS. The van der Waals surface area contributed by atoms with Crippen LogP contribution in [-0.2, 0) is 4.79 Å². The summed E-state index contributed by atoms with van der Waals surface area (Å²) < 4.78 is 0. The Morgan fingerprint density at radius 2 is 2.15 bits per heavy atom. The first-order chi connectivity index (χ1) is 9.58. The monoisotopic (exact) mass is 312 g/mol. The number of nitrogens with two attached hydrogens (primary N) is 1. The zero-order valence-electron chi connectivity index (χ0n) is 11.7. The van der Waals surface area contributed by atoms with Crippen molar-refractivity contribution in [2.45, 2.75) is 43.2 Å². The zero-order valence-corrected chi connectivity index (χ0v) is 13.3. The number of hydrogen-bond acceptors (Lipinski definition) is 3. The summed E-state index contributed by atoms with van der Waals surface area (Å²) in [5.74, 6) is 0.650. The van der Waals surface area contributed by atoms with E-state index < -0.39 is 0 Å². The molecule has 0 aromatic heterocycles. The van der Waals surface area contributed by atoms with Gasteiger partial charge in [0.1, 0.15) is 0 Å². The van der Waals surface area contributed by atoms with Crippen molar-refractivity contribution in [2.75, 3.05) is 12.3 Å². The first-order valence-corrected chi connectivity index (χ1v) is 8.37. The van der Waals surface area contributed by atoms with Crippen LogP contribution in [0.2, 0.25) is 5.02 Å². The molecule has 2 atom stereocenters. The molecule has 1 amide bonds. The quantitative estimate of drug-likeness (QED) is 0.869. The Bertz CT molecular complexity index is 450. The Morgan fingerprint density at radius 1 is 1.45 bits per heavy atom. The first-order valence-electron chi connectivity index (χ1n) is 7.01. The molecule has 0 bridgehead atoms. The van der Waals surface area contributed by atoms with Gasteiger partial charge in [0.2, 0.25) is 5.91 Å². The lowest BCUT2D eigenvalue weighted by molar-refractivity contribution is -0.132. The van der Waals surface area contributed by atoms with E-state index in [1.165, 1.54) is 6.42 Å². The number of piperidine rings is 1. The van der Waals surface area contributed by atoms with Crippen LogP contribution in [0.3, 0.4) is 0 Å². The fourth-order valence-corrected chi connectivity index (χ4v) is 3.48. The maximum absolute atomic E-state index is 12.4. The number of hydrogen-bond donors (Lipinski definition) is 1. The van der Waals surface area contributed by atoms with Crippen LogP contribution in [0.25, 0.3) is 0 Å². The van der Waals surface area contributed by atoms with Crippen LogP contribution in [0.1, 0.15) is 26.2 Å². The van der Waals surface area contributed by atoms with Gasteiger partial charge in [-0.15, -0.1) is 11.8 Å². The van der Waals surface area contributed by atoms with Crippen molar-refractivity contribution < 1.29 is 4.79 Å². The van der Waals surface area contributed by atoms with E-state index in [9.17, 15) is 4.79 Å². The van der Waals surface area contributed by atoms with Crippen molar-refractivity contribution in [1.82, 2.24) is 4.90 Å². The van der Waals surface area contributed by atoms with E-state index in [0.29, 0.717) is 10.8 Å². The molecule has 1 aliphatic heterocycles. The Balaban J connectivity index is 1.91. The number of amides is 1. The number of carbonyl (C=O) groups excluding carboxylic acids is 1. The van der Waals surface area contributed by atoms with E-state index in [4.69, 9.17) is 17.3 Å². The number of thioether (sulfide) groups is 1. The van der Waals surface area contributed by atoms with Crippen molar-refractivity contribution in [3.63, 3.8) is 0 Å². The SMILES string of the molecule is CC(N)C1CCCCN1C(=O)CSc1ccc(Cl)cc1. The predicted octanol–water partition coefficient (Wildman–Crippen LogP) is 3.16. The molecule has 1 aliphatic rings. The number of rotatable bonds is 4. The third kappa shape index (κ3) is 4.14. The van der Waals surface area contributed by atoms with E-state index in [2.05, 4.69) is 0 Å². The Hall–Kier alpha value is -0.710. The van der Waals surface area contributed by atoms with Gasteiger partial charge in [-0.25, -0.2) is 0 Å². The summed E-state index contributed by atoms with van der Waals surface area (Å²) in [7, 11) is 0. The molecule has 0 radical (unpaired) electrons. The molecule has 1 saturated heterocycles. The van der Waals surface area contributed by atoms with E-state index in [1.54, 1.807) is 11.8 Å². The molecule has 1 fully saturated rings. The average molecular weight is 313 g/mol. The Labute approximate surface area is 129 Å². The van der Waals surface area contributed by atoms with Crippen LogP contribution in [0.4, 0.5) is 0 Å². The molecule has 1 heterocycles. The van der Waals surface area contributed by atoms with Gasteiger partial charge >= 0.3 is 0 Å². The summed E-state index contributed by atoms with van der Waals surface area (Å²) in [4.78, 5) is 15.4. The predicted molar refractivity (Wildman–Crippen MR) is 85.2 cm³/mol. The number of likely N-dealkylation sites (tertiary alicyclic amines) is 1. The van der Waals surface area contributed by atoms with Gasteiger partial charge in [-0.2, -0.15) is 0 Å². The highest BCUT2D eigenvalue weighted by atomic mass is 35.5. The lowest BCUT2D eigenvalue weighted by atomic mass is 9.97. The fraction of sp³-hybridized carbons (Fsp3) is 0.533. The Kier molecular flexibility index (Phi) is 5.75. The van der Waals surface area contributed by atoms with Crippen molar-refractivity contribution in [3.05, 3.63) is 29.3 Å². The van der Waals surface area contributed by atoms with Gasteiger partial charge in [-0.1, -0.05) is 11.6 Å². The van der Waals surface area contributed by atoms with Crippen LogP contribution in [0.15, 0.2) is 29.2 Å². The van der Waals surface area contributed by atoms with Crippen LogP contribution < -0.4 is 5.73 Å². The number of halogens is 1. The highest BCUT2D eigenvalue weighted by Crippen LogP contribution is 2.24. The maximum atomic E-state index is 12.4. The van der Waals surface area contributed by atoms with Gasteiger partial charge in [-0.05, 0) is 50.5 Å². The smallest absolute Gasteiger partial charge is 0.233 e. The molecule has 20 heavy (non-hydrogen) atoms. The van der Waals surface area contributed by atoms with Crippen LogP contribution in [-0.4, -0.2) is 35.2 Å². The van der Waals surface area contributed by atoms with Crippen LogP contribution >= 0.6 is 23.4 Å². The second-order valence-electron chi connectivity index (χ2n) is 5.25. The van der Waals surface area contributed by atoms with Gasteiger partial charge in [0.25, 0.3) is 0 Å². The van der Waals surface area contributed by atoms with Crippen molar-refractivity contribution in [3.8, 4) is 0 Å². The van der Waals surface area contributed by atoms with E-state index in [0.717, 1.165) is 24.3 Å². The minimum absolute atomic E-state index is 0.0415. The molecule has 3 nitrogen and oxygen atoms in total. The summed E-state index contributed by atoms with van der Waals surface area (Å²) in [5, 5.41) is 0.716. The maximum Gasteiger partial charge on any atom is 0.233 e. The standard InChI is InChI=1S/C15H21ClN2OS/c1-11(17)14-4-2-3-9-18(14)15(19)10-20-13-7-5-12(16)6-8-13/h5-8,11,14H,2-4,9-10,17H2,1H3. The molecule has 5 heteroatoms. The molecule has 2 unspecified atom stereocenters. The molecule has 2 rings (SSSR count). The molecule has 1 aromatic rings. The topological polar surface area (TPSA) is 46.3 Å². The normalized spacial score (nSPS) is 20.8. The second-order valence-corrected chi connectivity index (χ2v) is 6.74. The van der Waals surface area contributed by atoms with Crippen LogP contribution in [0.5, 0.6) is 0 Å². The van der Waals surface area contributed by atoms with E-state index >= 15 is 0 Å². The molecule has 110 valence electrons. The molecule has 0 saturated carbocycles. The number of nitrogens with zero attached hydrogens (tertiary/aromatic N) is 1. The molecule has 2 N–H and O–H groups in total. The third-order valence-electron chi connectivity index (χ3n) is 3.65. The van der Waals surface area contributed by atoms with Crippen molar-refractivity contribution >= 4 is 29.3 Å². The lowest BCUT2D eigenvalue weighted by Crippen LogP contribution is -2.52. The Morgan fingerprint density at radius 3 is 2.80 bits per heavy atom. The highest BCUT2D eigenvalue weighted by Gasteiger charge is 2.28. The van der Waals surface area contributed by atoms with Gasteiger partial charge in [-0.3, -0.25) is 4.79 Å². The van der Waals surface area contributed by atoms with Gasteiger partial charge in [0, 0.05) is 28.5 Å². The van der Waals surface area contributed by atoms with Crippen molar-refractivity contribution in [2.24, 2.45) is 5.73 Å². The fourth-order valence-electron chi connectivity index (χ4n) is 2.57. The van der Waals surface area contributed by atoms with Gasteiger partial charge in [0.05, 0.1) is 5.75 Å². The summed E-state index contributed by atoms with van der Waals surface area (Å²) in [6, 6.07) is 7.82. The highest BCUT2D eigenvalue weighted by molar-refractivity contribution is 8.00. The number of benzene rings is 1. The van der Waals surface area contributed by atoms with Crippen LogP contribution in [0, 0.1) is 0 Å². The minimum atomic E-state index is 0.0415.